The second kappa shape index (κ2) is 3.86. The van der Waals surface area contributed by atoms with Crippen LogP contribution < -0.4 is 0 Å². The third-order valence-corrected chi connectivity index (χ3v) is 3.53. The lowest BCUT2D eigenvalue weighted by Gasteiger charge is -2.31. The fraction of sp³-hybridized carbons (Fsp3) is 0.214. The Morgan fingerprint density at radius 3 is 2.74 bits per heavy atom. The van der Waals surface area contributed by atoms with Gasteiger partial charge in [0.2, 0.25) is 0 Å². The lowest BCUT2D eigenvalue weighted by atomic mass is 9.96. The molecular weight excluding hydrogens is 242 g/mol. The first-order valence-electron chi connectivity index (χ1n) is 5.93. The summed E-state index contributed by atoms with van der Waals surface area (Å²) in [7, 11) is 1.57. The summed E-state index contributed by atoms with van der Waals surface area (Å²) in [6.45, 7) is 1.87. The molecule has 0 bridgehead atoms. The lowest BCUT2D eigenvalue weighted by molar-refractivity contribution is -0.0371. The van der Waals surface area contributed by atoms with Crippen LogP contribution in [0.3, 0.4) is 0 Å². The van der Waals surface area contributed by atoms with Crippen molar-refractivity contribution in [3.63, 3.8) is 0 Å². The van der Waals surface area contributed by atoms with E-state index in [0.29, 0.717) is 16.7 Å². The minimum absolute atomic E-state index is 0.244. The molecule has 1 unspecified atom stereocenters. The Balaban J connectivity index is 2.23. The van der Waals surface area contributed by atoms with Crippen molar-refractivity contribution in [1.82, 2.24) is 14.9 Å². The number of hydrogen-bond acceptors (Lipinski definition) is 4. The first-order chi connectivity index (χ1) is 9.05. The number of nitrogens with zero attached hydrogens (tertiary/aromatic N) is 3. The van der Waals surface area contributed by atoms with Gasteiger partial charge in [-0.15, -0.1) is 0 Å². The van der Waals surface area contributed by atoms with Crippen LogP contribution in [0, 0.1) is 6.92 Å². The van der Waals surface area contributed by atoms with Crippen LogP contribution in [0.5, 0.6) is 0 Å². The van der Waals surface area contributed by atoms with E-state index in [1.807, 2.05) is 13.0 Å². The van der Waals surface area contributed by atoms with Gasteiger partial charge in [-0.3, -0.25) is 14.8 Å². The molecule has 1 aliphatic heterocycles. The van der Waals surface area contributed by atoms with E-state index in [2.05, 4.69) is 9.97 Å². The molecule has 0 aromatic carbocycles. The topological polar surface area (TPSA) is 66.3 Å². The molecule has 0 radical (unpaired) electrons. The molecule has 96 valence electrons. The molecule has 1 aliphatic rings. The number of fused-ring (bicyclic) bond motifs is 1. The van der Waals surface area contributed by atoms with Crippen molar-refractivity contribution in [1.29, 1.82) is 0 Å². The third kappa shape index (κ3) is 1.48. The summed E-state index contributed by atoms with van der Waals surface area (Å²) in [6, 6.07) is 5.25. The van der Waals surface area contributed by atoms with Gasteiger partial charge in [0.1, 0.15) is 0 Å². The average Bonchev–Trinajstić information content (AvgIpc) is 2.63. The van der Waals surface area contributed by atoms with Gasteiger partial charge >= 0.3 is 0 Å². The zero-order chi connectivity index (χ0) is 13.6. The number of hydrogen-bond donors (Lipinski definition) is 1. The van der Waals surface area contributed by atoms with Crippen LogP contribution >= 0.6 is 0 Å². The summed E-state index contributed by atoms with van der Waals surface area (Å²) in [6.07, 6.45) is 4.64. The molecule has 1 amide bonds. The molecule has 5 heteroatoms. The summed E-state index contributed by atoms with van der Waals surface area (Å²) in [5, 5.41) is 11.0. The highest BCUT2D eigenvalue weighted by Gasteiger charge is 2.48. The zero-order valence-electron chi connectivity index (χ0n) is 10.7. The number of pyridine rings is 2. The smallest absolute Gasteiger partial charge is 0.258 e. The van der Waals surface area contributed by atoms with Gasteiger partial charge in [0.15, 0.2) is 5.72 Å². The Kier molecular flexibility index (Phi) is 2.40. The summed E-state index contributed by atoms with van der Waals surface area (Å²) in [4.78, 5) is 21.6. The number of rotatable bonds is 1. The molecule has 0 spiro atoms. The SMILES string of the molecule is Cc1ccc(C2(O)c3ccncc3C(=O)N2C)cn1. The third-order valence-electron chi connectivity index (χ3n) is 3.53. The van der Waals surface area contributed by atoms with E-state index in [1.54, 1.807) is 31.6 Å². The Bertz CT molecular complexity index is 654. The van der Waals surface area contributed by atoms with Crippen LogP contribution in [-0.2, 0) is 5.72 Å². The first-order valence-corrected chi connectivity index (χ1v) is 5.93. The molecule has 0 saturated carbocycles. The predicted molar refractivity (Wildman–Crippen MR) is 68.3 cm³/mol. The highest BCUT2D eigenvalue weighted by molar-refractivity contribution is 5.99. The van der Waals surface area contributed by atoms with Crippen LogP contribution in [-0.4, -0.2) is 32.9 Å². The van der Waals surface area contributed by atoms with Gasteiger partial charge in [-0.25, -0.2) is 0 Å². The number of amides is 1. The fourth-order valence-corrected chi connectivity index (χ4v) is 2.40. The highest BCUT2D eigenvalue weighted by Crippen LogP contribution is 2.40. The molecular formula is C14H13N3O2. The Labute approximate surface area is 110 Å². The van der Waals surface area contributed by atoms with Crippen molar-refractivity contribution in [2.24, 2.45) is 0 Å². The predicted octanol–water partition coefficient (Wildman–Crippen LogP) is 1.06. The monoisotopic (exact) mass is 255 g/mol. The second-order valence-electron chi connectivity index (χ2n) is 4.65. The van der Waals surface area contributed by atoms with Gasteiger partial charge in [-0.1, -0.05) is 6.07 Å². The molecule has 0 fully saturated rings. The number of aliphatic hydroxyl groups is 1. The van der Waals surface area contributed by atoms with E-state index < -0.39 is 5.72 Å². The first kappa shape index (κ1) is 11.8. The van der Waals surface area contributed by atoms with Gasteiger partial charge in [0.05, 0.1) is 5.56 Å². The van der Waals surface area contributed by atoms with Crippen molar-refractivity contribution >= 4 is 5.91 Å². The van der Waals surface area contributed by atoms with Crippen LogP contribution in [0.15, 0.2) is 36.8 Å². The largest absolute Gasteiger partial charge is 0.363 e. The summed E-state index contributed by atoms with van der Waals surface area (Å²) in [5.74, 6) is -0.244. The maximum atomic E-state index is 12.2. The van der Waals surface area contributed by atoms with Gasteiger partial charge in [-0.2, -0.15) is 0 Å². The molecule has 1 atom stereocenters. The van der Waals surface area contributed by atoms with E-state index >= 15 is 0 Å². The van der Waals surface area contributed by atoms with E-state index in [1.165, 1.54) is 11.1 Å². The Hall–Kier alpha value is -2.27. The van der Waals surface area contributed by atoms with Crippen LogP contribution in [0.25, 0.3) is 0 Å². The molecule has 2 aromatic rings. The van der Waals surface area contributed by atoms with Gasteiger partial charge in [0, 0.05) is 42.5 Å². The molecule has 0 saturated heterocycles. The number of aromatic nitrogens is 2. The molecule has 5 nitrogen and oxygen atoms in total. The van der Waals surface area contributed by atoms with Crippen molar-refractivity contribution < 1.29 is 9.90 Å². The molecule has 19 heavy (non-hydrogen) atoms. The van der Waals surface area contributed by atoms with E-state index in [0.717, 1.165) is 5.69 Å². The van der Waals surface area contributed by atoms with Crippen LogP contribution in [0.1, 0.15) is 27.2 Å². The standard InChI is InChI=1S/C14H13N3O2/c1-9-3-4-10(7-16-9)14(19)12-5-6-15-8-11(12)13(18)17(14)2/h3-8,19H,1-2H3. The Morgan fingerprint density at radius 1 is 1.26 bits per heavy atom. The van der Waals surface area contributed by atoms with Crippen LogP contribution in [0.4, 0.5) is 0 Å². The number of carbonyl (C=O) groups is 1. The fourth-order valence-electron chi connectivity index (χ4n) is 2.40. The van der Waals surface area contributed by atoms with E-state index in [4.69, 9.17) is 0 Å². The molecule has 0 aliphatic carbocycles. The normalized spacial score (nSPS) is 21.6. The molecule has 1 N–H and O–H groups in total. The van der Waals surface area contributed by atoms with E-state index in [9.17, 15) is 9.90 Å². The minimum atomic E-state index is -1.48. The molecule has 3 heterocycles. The van der Waals surface area contributed by atoms with Crippen molar-refractivity contribution in [2.45, 2.75) is 12.6 Å². The summed E-state index contributed by atoms with van der Waals surface area (Å²) in [5.41, 5.74) is 0.915. The highest BCUT2D eigenvalue weighted by atomic mass is 16.3. The van der Waals surface area contributed by atoms with Gasteiger partial charge < -0.3 is 10.0 Å². The summed E-state index contributed by atoms with van der Waals surface area (Å²) < 4.78 is 0. The van der Waals surface area contributed by atoms with Crippen molar-refractivity contribution in [3.05, 3.63) is 59.2 Å². The lowest BCUT2D eigenvalue weighted by Crippen LogP contribution is -2.41. The molecule has 3 rings (SSSR count). The average molecular weight is 255 g/mol. The maximum Gasteiger partial charge on any atom is 0.258 e. The van der Waals surface area contributed by atoms with E-state index in [-0.39, 0.29) is 5.91 Å². The molecule has 2 aromatic heterocycles. The zero-order valence-corrected chi connectivity index (χ0v) is 10.7. The van der Waals surface area contributed by atoms with Crippen molar-refractivity contribution in [2.75, 3.05) is 7.05 Å². The quantitative estimate of drug-likeness (QED) is 0.827. The van der Waals surface area contributed by atoms with Crippen LogP contribution in [0.2, 0.25) is 0 Å². The van der Waals surface area contributed by atoms with Gasteiger partial charge in [0.25, 0.3) is 5.91 Å². The number of aryl methyl sites for hydroxylation is 1. The number of carbonyl (C=O) groups excluding carboxylic acids is 1. The minimum Gasteiger partial charge on any atom is -0.363 e. The van der Waals surface area contributed by atoms with Gasteiger partial charge in [-0.05, 0) is 19.1 Å². The second-order valence-corrected chi connectivity index (χ2v) is 4.65. The summed E-state index contributed by atoms with van der Waals surface area (Å²) >= 11 is 0. The Morgan fingerprint density at radius 2 is 2.05 bits per heavy atom. The maximum absolute atomic E-state index is 12.2. The van der Waals surface area contributed by atoms with Crippen molar-refractivity contribution in [3.8, 4) is 0 Å².